The molecule has 2 heterocycles. The average molecular weight is 199 g/mol. The lowest BCUT2D eigenvalue weighted by Gasteiger charge is -2.38. The molecule has 0 radical (unpaired) electrons. The van der Waals surface area contributed by atoms with E-state index in [1.54, 1.807) is 0 Å². The molecule has 0 saturated carbocycles. The van der Waals surface area contributed by atoms with Gasteiger partial charge in [-0.1, -0.05) is 0 Å². The van der Waals surface area contributed by atoms with E-state index in [0.717, 1.165) is 32.7 Å². The zero-order valence-electron chi connectivity index (χ0n) is 8.84. The van der Waals surface area contributed by atoms with Crippen LogP contribution in [0.4, 0.5) is 0 Å². The minimum absolute atomic E-state index is 0.0172. The first-order valence-corrected chi connectivity index (χ1v) is 5.76. The standard InChI is InChI=1S/C11H21NO2/c12-9-11(4-1-2-5-14-11)7-10-3-6-13-8-10/h10H,1-9,12H2. The van der Waals surface area contributed by atoms with Crippen LogP contribution in [0.2, 0.25) is 0 Å². The summed E-state index contributed by atoms with van der Waals surface area (Å²) in [4.78, 5) is 0. The molecule has 2 aliphatic rings. The van der Waals surface area contributed by atoms with Crippen molar-refractivity contribution in [2.45, 2.75) is 37.7 Å². The normalized spacial score (nSPS) is 38.8. The minimum Gasteiger partial charge on any atom is -0.381 e. The van der Waals surface area contributed by atoms with Crippen molar-refractivity contribution in [3.63, 3.8) is 0 Å². The molecule has 2 saturated heterocycles. The third-order valence-corrected chi connectivity index (χ3v) is 3.49. The highest BCUT2D eigenvalue weighted by molar-refractivity contribution is 4.87. The zero-order chi connectivity index (χ0) is 9.86. The number of rotatable bonds is 3. The molecular weight excluding hydrogens is 178 g/mol. The molecule has 0 spiro atoms. The van der Waals surface area contributed by atoms with Crippen LogP contribution in [-0.2, 0) is 9.47 Å². The van der Waals surface area contributed by atoms with Gasteiger partial charge in [0.1, 0.15) is 0 Å². The summed E-state index contributed by atoms with van der Waals surface area (Å²) in [5.41, 5.74) is 5.83. The quantitative estimate of drug-likeness (QED) is 0.745. The summed E-state index contributed by atoms with van der Waals surface area (Å²) < 4.78 is 11.3. The summed E-state index contributed by atoms with van der Waals surface area (Å²) in [6.45, 7) is 3.39. The highest BCUT2D eigenvalue weighted by Crippen LogP contribution is 2.33. The Morgan fingerprint density at radius 2 is 2.21 bits per heavy atom. The Morgan fingerprint density at radius 3 is 2.79 bits per heavy atom. The Balaban J connectivity index is 1.89. The molecule has 0 bridgehead atoms. The monoisotopic (exact) mass is 199 g/mol. The second-order valence-corrected chi connectivity index (χ2v) is 4.63. The molecule has 2 aliphatic heterocycles. The summed E-state index contributed by atoms with van der Waals surface area (Å²) in [5.74, 6) is 0.677. The molecule has 14 heavy (non-hydrogen) atoms. The van der Waals surface area contributed by atoms with Crippen LogP contribution in [0.5, 0.6) is 0 Å². The first kappa shape index (κ1) is 10.4. The fourth-order valence-corrected chi connectivity index (χ4v) is 2.59. The molecule has 2 atom stereocenters. The first-order valence-electron chi connectivity index (χ1n) is 5.76. The maximum Gasteiger partial charge on any atom is 0.0807 e. The molecule has 0 aromatic carbocycles. The topological polar surface area (TPSA) is 44.5 Å². The highest BCUT2D eigenvalue weighted by atomic mass is 16.5. The van der Waals surface area contributed by atoms with E-state index in [1.807, 2.05) is 0 Å². The van der Waals surface area contributed by atoms with E-state index in [2.05, 4.69) is 0 Å². The lowest BCUT2D eigenvalue weighted by atomic mass is 9.84. The van der Waals surface area contributed by atoms with Gasteiger partial charge in [-0.15, -0.1) is 0 Å². The molecule has 3 nitrogen and oxygen atoms in total. The highest BCUT2D eigenvalue weighted by Gasteiger charge is 2.35. The fraction of sp³-hybridized carbons (Fsp3) is 1.00. The van der Waals surface area contributed by atoms with E-state index in [-0.39, 0.29) is 5.60 Å². The SMILES string of the molecule is NCC1(CC2CCOC2)CCCCO1. The van der Waals surface area contributed by atoms with Crippen LogP contribution in [0, 0.1) is 5.92 Å². The van der Waals surface area contributed by atoms with Gasteiger partial charge in [0.2, 0.25) is 0 Å². The van der Waals surface area contributed by atoms with Gasteiger partial charge in [-0.25, -0.2) is 0 Å². The van der Waals surface area contributed by atoms with Crippen molar-refractivity contribution in [2.75, 3.05) is 26.4 Å². The third-order valence-electron chi connectivity index (χ3n) is 3.49. The van der Waals surface area contributed by atoms with Gasteiger partial charge in [-0.2, -0.15) is 0 Å². The molecule has 0 aromatic rings. The van der Waals surface area contributed by atoms with Crippen molar-refractivity contribution in [1.29, 1.82) is 0 Å². The van der Waals surface area contributed by atoms with Crippen LogP contribution in [0.3, 0.4) is 0 Å². The van der Waals surface area contributed by atoms with Gasteiger partial charge in [0.25, 0.3) is 0 Å². The molecule has 2 N–H and O–H groups in total. The molecular formula is C11H21NO2. The first-order chi connectivity index (χ1) is 6.85. The molecule has 2 fully saturated rings. The van der Waals surface area contributed by atoms with Crippen LogP contribution in [-0.4, -0.2) is 32.0 Å². The Labute approximate surface area is 85.9 Å². The summed E-state index contributed by atoms with van der Waals surface area (Å²) in [5, 5.41) is 0. The predicted octanol–water partition coefficient (Wildman–Crippen LogP) is 1.31. The van der Waals surface area contributed by atoms with Gasteiger partial charge < -0.3 is 15.2 Å². The number of hydrogen-bond acceptors (Lipinski definition) is 3. The van der Waals surface area contributed by atoms with Crippen LogP contribution in [0.1, 0.15) is 32.1 Å². The Kier molecular flexibility index (Phi) is 3.42. The number of nitrogens with two attached hydrogens (primary N) is 1. The van der Waals surface area contributed by atoms with Crippen LogP contribution in [0.25, 0.3) is 0 Å². The van der Waals surface area contributed by atoms with E-state index in [0.29, 0.717) is 12.5 Å². The van der Waals surface area contributed by atoms with Gasteiger partial charge in [-0.3, -0.25) is 0 Å². The minimum atomic E-state index is -0.0172. The van der Waals surface area contributed by atoms with E-state index >= 15 is 0 Å². The van der Waals surface area contributed by atoms with E-state index in [9.17, 15) is 0 Å². The van der Waals surface area contributed by atoms with E-state index in [4.69, 9.17) is 15.2 Å². The molecule has 2 unspecified atom stereocenters. The Morgan fingerprint density at radius 1 is 1.29 bits per heavy atom. The van der Waals surface area contributed by atoms with E-state index in [1.165, 1.54) is 19.3 Å². The van der Waals surface area contributed by atoms with Crippen LogP contribution in [0.15, 0.2) is 0 Å². The Hall–Kier alpha value is -0.120. The van der Waals surface area contributed by atoms with Crippen molar-refractivity contribution in [3.8, 4) is 0 Å². The molecule has 82 valence electrons. The second kappa shape index (κ2) is 4.60. The van der Waals surface area contributed by atoms with Crippen molar-refractivity contribution in [1.82, 2.24) is 0 Å². The summed E-state index contributed by atoms with van der Waals surface area (Å²) in [7, 11) is 0. The zero-order valence-corrected chi connectivity index (χ0v) is 8.84. The maximum absolute atomic E-state index is 5.90. The number of ether oxygens (including phenoxy) is 2. The third kappa shape index (κ3) is 2.27. The molecule has 2 rings (SSSR count). The van der Waals surface area contributed by atoms with Crippen LogP contribution < -0.4 is 5.73 Å². The second-order valence-electron chi connectivity index (χ2n) is 4.63. The van der Waals surface area contributed by atoms with Gasteiger partial charge in [0.05, 0.1) is 5.60 Å². The van der Waals surface area contributed by atoms with Gasteiger partial charge >= 0.3 is 0 Å². The largest absolute Gasteiger partial charge is 0.381 e. The van der Waals surface area contributed by atoms with Crippen molar-refractivity contribution in [2.24, 2.45) is 11.7 Å². The summed E-state index contributed by atoms with van der Waals surface area (Å²) in [6, 6.07) is 0. The lowest BCUT2D eigenvalue weighted by molar-refractivity contribution is -0.0857. The van der Waals surface area contributed by atoms with E-state index < -0.39 is 0 Å². The number of hydrogen-bond donors (Lipinski definition) is 1. The van der Waals surface area contributed by atoms with Crippen molar-refractivity contribution in [3.05, 3.63) is 0 Å². The molecule has 0 aromatic heterocycles. The summed E-state index contributed by atoms with van der Waals surface area (Å²) in [6.07, 6.45) is 5.89. The predicted molar refractivity (Wildman–Crippen MR) is 55.1 cm³/mol. The van der Waals surface area contributed by atoms with Gasteiger partial charge in [0.15, 0.2) is 0 Å². The lowest BCUT2D eigenvalue weighted by Crippen LogP contribution is -2.45. The molecule has 0 amide bonds. The van der Waals surface area contributed by atoms with Crippen LogP contribution >= 0.6 is 0 Å². The smallest absolute Gasteiger partial charge is 0.0807 e. The summed E-state index contributed by atoms with van der Waals surface area (Å²) >= 11 is 0. The van der Waals surface area contributed by atoms with Gasteiger partial charge in [-0.05, 0) is 38.0 Å². The molecule has 3 heteroatoms. The maximum atomic E-state index is 5.90. The van der Waals surface area contributed by atoms with Gasteiger partial charge in [0, 0.05) is 26.4 Å². The van der Waals surface area contributed by atoms with Crippen molar-refractivity contribution < 1.29 is 9.47 Å². The molecule has 0 aliphatic carbocycles. The fourth-order valence-electron chi connectivity index (χ4n) is 2.59. The Bertz CT molecular complexity index is 172. The van der Waals surface area contributed by atoms with Crippen molar-refractivity contribution >= 4 is 0 Å². The average Bonchev–Trinajstić information content (AvgIpc) is 2.72.